The number of hydrogen-bond acceptors (Lipinski definition) is 4. The van der Waals surface area contributed by atoms with Crippen molar-refractivity contribution in [1.29, 1.82) is 0 Å². The Balaban J connectivity index is 2.69. The highest BCUT2D eigenvalue weighted by atomic mass is 16.5. The summed E-state index contributed by atoms with van der Waals surface area (Å²) in [5.41, 5.74) is 5.76. The SMILES string of the molecule is CCCCC(N)(CC)c1ncon1. The van der Waals surface area contributed by atoms with Gasteiger partial charge in [-0.3, -0.25) is 0 Å². The van der Waals surface area contributed by atoms with Crippen molar-refractivity contribution in [3.63, 3.8) is 0 Å². The Morgan fingerprint density at radius 1 is 1.54 bits per heavy atom. The van der Waals surface area contributed by atoms with Crippen molar-refractivity contribution in [3.05, 3.63) is 12.2 Å². The van der Waals surface area contributed by atoms with E-state index in [2.05, 4.69) is 17.1 Å². The smallest absolute Gasteiger partial charge is 0.213 e. The summed E-state index contributed by atoms with van der Waals surface area (Å²) in [6.45, 7) is 4.19. The van der Waals surface area contributed by atoms with Crippen LogP contribution in [0.3, 0.4) is 0 Å². The molecule has 1 aromatic heterocycles. The minimum Gasteiger partial charge on any atom is -0.343 e. The van der Waals surface area contributed by atoms with E-state index in [4.69, 9.17) is 10.3 Å². The maximum absolute atomic E-state index is 6.16. The Morgan fingerprint density at radius 2 is 2.31 bits per heavy atom. The summed E-state index contributed by atoms with van der Waals surface area (Å²) >= 11 is 0. The van der Waals surface area contributed by atoms with Crippen LogP contribution in [0.4, 0.5) is 0 Å². The lowest BCUT2D eigenvalue weighted by Gasteiger charge is -2.23. The van der Waals surface area contributed by atoms with Crippen LogP contribution in [0, 0.1) is 0 Å². The molecule has 4 nitrogen and oxygen atoms in total. The Hall–Kier alpha value is -0.900. The Labute approximate surface area is 78.5 Å². The summed E-state index contributed by atoms with van der Waals surface area (Å²) < 4.78 is 4.70. The van der Waals surface area contributed by atoms with E-state index in [0.29, 0.717) is 5.82 Å². The third-order valence-corrected chi connectivity index (χ3v) is 2.41. The van der Waals surface area contributed by atoms with Gasteiger partial charge in [-0.05, 0) is 12.8 Å². The van der Waals surface area contributed by atoms with E-state index in [0.717, 1.165) is 25.7 Å². The lowest BCUT2D eigenvalue weighted by atomic mass is 9.90. The van der Waals surface area contributed by atoms with Gasteiger partial charge in [0.1, 0.15) is 0 Å². The highest BCUT2D eigenvalue weighted by Crippen LogP contribution is 2.24. The van der Waals surface area contributed by atoms with Crippen molar-refractivity contribution in [2.45, 2.75) is 45.1 Å². The van der Waals surface area contributed by atoms with Gasteiger partial charge < -0.3 is 10.3 Å². The molecule has 0 bridgehead atoms. The first-order valence-corrected chi connectivity index (χ1v) is 4.78. The van der Waals surface area contributed by atoms with E-state index in [-0.39, 0.29) is 0 Å². The van der Waals surface area contributed by atoms with E-state index >= 15 is 0 Å². The Morgan fingerprint density at radius 3 is 2.77 bits per heavy atom. The zero-order valence-electron chi connectivity index (χ0n) is 8.29. The lowest BCUT2D eigenvalue weighted by Crippen LogP contribution is -2.37. The monoisotopic (exact) mass is 183 g/mol. The second-order valence-electron chi connectivity index (χ2n) is 3.37. The summed E-state index contributed by atoms with van der Waals surface area (Å²) in [6, 6.07) is 0. The predicted octanol–water partition coefficient (Wildman–Crippen LogP) is 1.82. The molecule has 4 heteroatoms. The van der Waals surface area contributed by atoms with Gasteiger partial charge in [-0.2, -0.15) is 4.98 Å². The van der Waals surface area contributed by atoms with Crippen LogP contribution in [0.15, 0.2) is 10.9 Å². The van der Waals surface area contributed by atoms with Gasteiger partial charge in [-0.1, -0.05) is 31.8 Å². The van der Waals surface area contributed by atoms with Crippen molar-refractivity contribution in [3.8, 4) is 0 Å². The third kappa shape index (κ3) is 2.28. The average Bonchev–Trinajstić information content (AvgIpc) is 2.67. The summed E-state index contributed by atoms with van der Waals surface area (Å²) in [6.07, 6.45) is 5.32. The second-order valence-corrected chi connectivity index (χ2v) is 3.37. The zero-order valence-corrected chi connectivity index (χ0v) is 8.29. The maximum Gasteiger partial charge on any atom is 0.213 e. The molecule has 0 saturated heterocycles. The van der Waals surface area contributed by atoms with E-state index < -0.39 is 5.54 Å². The molecular formula is C9H17N3O. The number of nitrogens with two attached hydrogens (primary N) is 1. The molecule has 74 valence electrons. The van der Waals surface area contributed by atoms with Gasteiger partial charge in [0.05, 0.1) is 5.54 Å². The fraction of sp³-hybridized carbons (Fsp3) is 0.778. The van der Waals surface area contributed by atoms with E-state index in [1.165, 1.54) is 6.39 Å². The minimum atomic E-state index is -0.400. The molecule has 1 aromatic rings. The van der Waals surface area contributed by atoms with Crippen LogP contribution in [-0.4, -0.2) is 10.1 Å². The van der Waals surface area contributed by atoms with Crippen LogP contribution in [0.25, 0.3) is 0 Å². The third-order valence-electron chi connectivity index (χ3n) is 2.41. The average molecular weight is 183 g/mol. The molecule has 0 aliphatic rings. The molecule has 0 amide bonds. The molecule has 0 saturated carbocycles. The van der Waals surface area contributed by atoms with E-state index in [1.807, 2.05) is 6.92 Å². The van der Waals surface area contributed by atoms with Crippen molar-refractivity contribution in [1.82, 2.24) is 10.1 Å². The standard InChI is InChI=1S/C9H17N3O/c1-3-5-6-9(10,4-2)8-11-7-13-12-8/h7H,3-6,10H2,1-2H3. The Bertz CT molecular complexity index is 235. The van der Waals surface area contributed by atoms with Gasteiger partial charge in [-0.15, -0.1) is 0 Å². The molecule has 1 atom stereocenters. The number of unbranched alkanes of at least 4 members (excludes halogenated alkanes) is 1. The van der Waals surface area contributed by atoms with Crippen LogP contribution in [0.1, 0.15) is 45.4 Å². The fourth-order valence-corrected chi connectivity index (χ4v) is 1.33. The van der Waals surface area contributed by atoms with Gasteiger partial charge in [0, 0.05) is 0 Å². The first-order valence-electron chi connectivity index (χ1n) is 4.78. The molecule has 1 unspecified atom stereocenters. The van der Waals surface area contributed by atoms with Gasteiger partial charge in [0.2, 0.25) is 6.39 Å². The molecular weight excluding hydrogens is 166 g/mol. The summed E-state index contributed by atoms with van der Waals surface area (Å²) in [5, 5.41) is 3.80. The summed E-state index contributed by atoms with van der Waals surface area (Å²) in [5.74, 6) is 0.628. The number of aromatic nitrogens is 2. The van der Waals surface area contributed by atoms with E-state index in [1.54, 1.807) is 0 Å². The Kier molecular flexibility index (Phi) is 3.42. The molecule has 0 aliphatic heterocycles. The number of nitrogens with zero attached hydrogens (tertiary/aromatic N) is 2. The zero-order chi connectivity index (χ0) is 9.73. The van der Waals surface area contributed by atoms with E-state index in [9.17, 15) is 0 Å². The first-order chi connectivity index (χ1) is 6.23. The maximum atomic E-state index is 6.16. The molecule has 1 heterocycles. The molecule has 0 spiro atoms. The summed E-state index contributed by atoms with van der Waals surface area (Å²) in [7, 11) is 0. The second kappa shape index (κ2) is 4.37. The molecule has 0 aliphatic carbocycles. The summed E-state index contributed by atoms with van der Waals surface area (Å²) in [4.78, 5) is 4.01. The molecule has 0 aromatic carbocycles. The van der Waals surface area contributed by atoms with Crippen LogP contribution in [-0.2, 0) is 5.54 Å². The highest BCUT2D eigenvalue weighted by Gasteiger charge is 2.28. The minimum absolute atomic E-state index is 0.400. The molecule has 0 radical (unpaired) electrons. The quantitative estimate of drug-likeness (QED) is 0.756. The van der Waals surface area contributed by atoms with Crippen LogP contribution in [0.2, 0.25) is 0 Å². The highest BCUT2D eigenvalue weighted by molar-refractivity contribution is 5.00. The molecule has 0 fully saturated rings. The van der Waals surface area contributed by atoms with Crippen LogP contribution >= 0.6 is 0 Å². The van der Waals surface area contributed by atoms with Crippen molar-refractivity contribution in [2.75, 3.05) is 0 Å². The van der Waals surface area contributed by atoms with Gasteiger partial charge in [0.25, 0.3) is 0 Å². The molecule has 13 heavy (non-hydrogen) atoms. The van der Waals surface area contributed by atoms with Gasteiger partial charge in [-0.25, -0.2) is 0 Å². The normalized spacial score (nSPS) is 15.6. The fourth-order valence-electron chi connectivity index (χ4n) is 1.33. The van der Waals surface area contributed by atoms with Gasteiger partial charge in [0.15, 0.2) is 5.82 Å². The van der Waals surface area contributed by atoms with Gasteiger partial charge >= 0.3 is 0 Å². The topological polar surface area (TPSA) is 64.9 Å². The lowest BCUT2D eigenvalue weighted by molar-refractivity contribution is 0.330. The largest absolute Gasteiger partial charge is 0.343 e. The van der Waals surface area contributed by atoms with Crippen molar-refractivity contribution < 1.29 is 4.52 Å². The number of rotatable bonds is 5. The van der Waals surface area contributed by atoms with Crippen LogP contribution in [0.5, 0.6) is 0 Å². The number of hydrogen-bond donors (Lipinski definition) is 1. The van der Waals surface area contributed by atoms with Crippen molar-refractivity contribution in [2.24, 2.45) is 5.73 Å². The van der Waals surface area contributed by atoms with Crippen LogP contribution < -0.4 is 5.73 Å². The predicted molar refractivity (Wildman–Crippen MR) is 50.0 cm³/mol. The molecule has 1 rings (SSSR count). The molecule has 2 N–H and O–H groups in total. The first kappa shape index (κ1) is 10.2. The van der Waals surface area contributed by atoms with Crippen molar-refractivity contribution >= 4 is 0 Å².